The third kappa shape index (κ3) is 7.36. The van der Waals surface area contributed by atoms with Gasteiger partial charge < -0.3 is 20.5 Å². The number of guanidine groups is 1. The molecule has 0 heterocycles. The quantitative estimate of drug-likeness (QED) is 0.326. The Hall–Kier alpha value is -0.860. The number of halogens is 1. The Morgan fingerprint density at radius 1 is 1.38 bits per heavy atom. The molecule has 136 valence electrons. The average molecular weight is 447 g/mol. The van der Waals surface area contributed by atoms with E-state index in [1.54, 1.807) is 0 Å². The van der Waals surface area contributed by atoms with Crippen LogP contribution in [0.5, 0.6) is 0 Å². The number of aliphatic imine (C=N–C) groups is 1. The molecule has 0 amide bonds. The lowest BCUT2D eigenvalue weighted by molar-refractivity contribution is 0.00111. The number of hydrogen-bond acceptors (Lipinski definition) is 3. The minimum absolute atomic E-state index is 0. The molecule has 4 atom stereocenters. The van der Waals surface area contributed by atoms with E-state index in [1.165, 1.54) is 6.42 Å². The molecule has 3 N–H and O–H groups in total. The fraction of sp³-hybridized carbons (Fsp3) is 0.611. The van der Waals surface area contributed by atoms with Crippen LogP contribution in [0.15, 0.2) is 35.3 Å². The first kappa shape index (κ1) is 21.2. The van der Waals surface area contributed by atoms with Gasteiger partial charge in [0.1, 0.15) is 0 Å². The lowest BCUT2D eigenvalue weighted by atomic mass is 10.1. The minimum Gasteiger partial charge on any atom is -0.389 e. The highest BCUT2D eigenvalue weighted by Crippen LogP contribution is 2.28. The van der Waals surface area contributed by atoms with Crippen LogP contribution in [0.2, 0.25) is 0 Å². The fourth-order valence-electron chi connectivity index (χ4n) is 2.34. The molecule has 0 spiro atoms. The van der Waals surface area contributed by atoms with Gasteiger partial charge in [-0.1, -0.05) is 37.3 Å². The summed E-state index contributed by atoms with van der Waals surface area (Å²) in [5.41, 5.74) is 1.11. The highest BCUT2D eigenvalue weighted by Gasteiger charge is 2.33. The van der Waals surface area contributed by atoms with E-state index in [0.717, 1.165) is 18.1 Å². The fourth-order valence-corrected chi connectivity index (χ4v) is 2.34. The lowest BCUT2D eigenvalue weighted by Gasteiger charge is -2.16. The van der Waals surface area contributed by atoms with Crippen molar-refractivity contribution >= 4 is 29.9 Å². The molecule has 0 aromatic heterocycles. The van der Waals surface area contributed by atoms with Crippen LogP contribution >= 0.6 is 24.0 Å². The molecule has 1 aliphatic carbocycles. The van der Waals surface area contributed by atoms with Gasteiger partial charge >= 0.3 is 0 Å². The lowest BCUT2D eigenvalue weighted by Crippen LogP contribution is -2.39. The van der Waals surface area contributed by atoms with Gasteiger partial charge in [-0.25, -0.2) is 0 Å². The number of nitrogens with one attached hydrogen (secondary N) is 2. The van der Waals surface area contributed by atoms with Crippen LogP contribution in [0.25, 0.3) is 0 Å². The van der Waals surface area contributed by atoms with Gasteiger partial charge in [-0.05, 0) is 31.7 Å². The Labute approximate surface area is 162 Å². The monoisotopic (exact) mass is 447 g/mol. The van der Waals surface area contributed by atoms with E-state index in [0.29, 0.717) is 18.5 Å². The SMILES string of the molecule is CCNC(=NCC(O)COC(C)c1ccccc1)NC1CC1C.I. The van der Waals surface area contributed by atoms with E-state index in [4.69, 9.17) is 4.74 Å². The Morgan fingerprint density at radius 2 is 2.04 bits per heavy atom. The Morgan fingerprint density at radius 3 is 2.62 bits per heavy atom. The molecular formula is C18H30IN3O2. The van der Waals surface area contributed by atoms with Crippen LogP contribution in [-0.2, 0) is 4.74 Å². The molecule has 5 nitrogen and oxygen atoms in total. The van der Waals surface area contributed by atoms with Crippen molar-refractivity contribution < 1.29 is 9.84 Å². The average Bonchev–Trinajstić information content (AvgIpc) is 3.26. The predicted molar refractivity (Wildman–Crippen MR) is 109 cm³/mol. The Bertz CT molecular complexity index is 498. The van der Waals surface area contributed by atoms with Crippen LogP contribution in [0.3, 0.4) is 0 Å². The third-order valence-corrected chi connectivity index (χ3v) is 4.04. The predicted octanol–water partition coefficient (Wildman–Crippen LogP) is 2.71. The van der Waals surface area contributed by atoms with E-state index in [9.17, 15) is 5.11 Å². The first-order valence-corrected chi connectivity index (χ1v) is 8.49. The van der Waals surface area contributed by atoms with Gasteiger partial charge in [0.2, 0.25) is 0 Å². The number of aliphatic hydroxyl groups is 1. The van der Waals surface area contributed by atoms with Crippen molar-refractivity contribution in [1.29, 1.82) is 0 Å². The second kappa shape index (κ2) is 10.9. The zero-order valence-electron chi connectivity index (χ0n) is 14.7. The summed E-state index contributed by atoms with van der Waals surface area (Å²) in [4.78, 5) is 4.44. The molecule has 2 rings (SSSR count). The van der Waals surface area contributed by atoms with Crippen molar-refractivity contribution in [1.82, 2.24) is 10.6 Å². The standard InChI is InChI=1S/C18H29N3O2.HI/c1-4-19-18(21-17-10-13(17)2)20-11-16(22)12-23-14(3)15-8-6-5-7-9-15;/h5-9,13-14,16-17,22H,4,10-12H2,1-3H3,(H2,19,20,21);1H. The largest absolute Gasteiger partial charge is 0.389 e. The summed E-state index contributed by atoms with van der Waals surface area (Å²) >= 11 is 0. The summed E-state index contributed by atoms with van der Waals surface area (Å²) in [5, 5.41) is 16.7. The second-order valence-electron chi connectivity index (χ2n) is 6.22. The maximum Gasteiger partial charge on any atom is 0.191 e. The molecule has 24 heavy (non-hydrogen) atoms. The van der Waals surface area contributed by atoms with Crippen LogP contribution in [0.4, 0.5) is 0 Å². The number of hydrogen-bond donors (Lipinski definition) is 3. The van der Waals surface area contributed by atoms with E-state index in [-0.39, 0.29) is 36.7 Å². The maximum atomic E-state index is 10.1. The van der Waals surface area contributed by atoms with Gasteiger partial charge in [-0.15, -0.1) is 24.0 Å². The molecule has 0 radical (unpaired) electrons. The van der Waals surface area contributed by atoms with Crippen molar-refractivity contribution in [2.45, 2.75) is 45.4 Å². The van der Waals surface area contributed by atoms with E-state index < -0.39 is 6.10 Å². The van der Waals surface area contributed by atoms with E-state index in [1.807, 2.05) is 44.2 Å². The number of ether oxygens (including phenoxy) is 1. The van der Waals surface area contributed by atoms with E-state index in [2.05, 4.69) is 22.5 Å². The number of rotatable bonds is 8. The van der Waals surface area contributed by atoms with Gasteiger partial charge in [0.05, 0.1) is 25.4 Å². The van der Waals surface area contributed by atoms with Gasteiger partial charge in [-0.2, -0.15) is 0 Å². The molecule has 0 aliphatic heterocycles. The van der Waals surface area contributed by atoms with Crippen molar-refractivity contribution in [3.05, 3.63) is 35.9 Å². The molecule has 0 bridgehead atoms. The summed E-state index contributed by atoms with van der Waals surface area (Å²) in [7, 11) is 0. The van der Waals surface area contributed by atoms with Gasteiger partial charge in [0.15, 0.2) is 5.96 Å². The van der Waals surface area contributed by atoms with Gasteiger partial charge in [-0.3, -0.25) is 4.99 Å². The van der Waals surface area contributed by atoms with Crippen LogP contribution in [0, 0.1) is 5.92 Å². The summed E-state index contributed by atoms with van der Waals surface area (Å²) < 4.78 is 5.73. The molecule has 6 heteroatoms. The molecular weight excluding hydrogens is 417 g/mol. The highest BCUT2D eigenvalue weighted by atomic mass is 127. The Balaban J connectivity index is 0.00000288. The van der Waals surface area contributed by atoms with Crippen LogP contribution < -0.4 is 10.6 Å². The van der Waals surface area contributed by atoms with Crippen molar-refractivity contribution in [3.8, 4) is 0 Å². The highest BCUT2D eigenvalue weighted by molar-refractivity contribution is 14.0. The maximum absolute atomic E-state index is 10.1. The van der Waals surface area contributed by atoms with Gasteiger partial charge in [0, 0.05) is 12.6 Å². The second-order valence-corrected chi connectivity index (χ2v) is 6.22. The smallest absolute Gasteiger partial charge is 0.191 e. The molecule has 1 aliphatic rings. The first-order chi connectivity index (χ1) is 11.1. The number of aliphatic hydroxyl groups excluding tert-OH is 1. The van der Waals surface area contributed by atoms with Crippen molar-refractivity contribution in [2.75, 3.05) is 19.7 Å². The normalized spacial score (nSPS) is 22.2. The Kier molecular flexibility index (Phi) is 9.61. The van der Waals surface area contributed by atoms with Crippen LogP contribution in [0.1, 0.15) is 38.9 Å². The first-order valence-electron chi connectivity index (χ1n) is 8.49. The van der Waals surface area contributed by atoms with Crippen LogP contribution in [-0.4, -0.2) is 42.9 Å². The van der Waals surface area contributed by atoms with Gasteiger partial charge in [0.25, 0.3) is 0 Å². The molecule has 1 aromatic carbocycles. The third-order valence-electron chi connectivity index (χ3n) is 4.04. The molecule has 1 aromatic rings. The summed E-state index contributed by atoms with van der Waals surface area (Å²) in [6.45, 7) is 7.66. The molecule has 1 saturated carbocycles. The topological polar surface area (TPSA) is 65.9 Å². The number of nitrogens with zero attached hydrogens (tertiary/aromatic N) is 1. The molecule has 4 unspecified atom stereocenters. The summed E-state index contributed by atoms with van der Waals surface area (Å²) in [6, 6.07) is 10.5. The van der Waals surface area contributed by atoms with Crippen molar-refractivity contribution in [3.63, 3.8) is 0 Å². The van der Waals surface area contributed by atoms with E-state index >= 15 is 0 Å². The minimum atomic E-state index is -0.603. The zero-order chi connectivity index (χ0) is 16.7. The molecule has 1 fully saturated rings. The number of benzene rings is 1. The summed E-state index contributed by atoms with van der Waals surface area (Å²) in [6.07, 6.45) is 0.548. The van der Waals surface area contributed by atoms with Crippen molar-refractivity contribution in [2.24, 2.45) is 10.9 Å². The summed E-state index contributed by atoms with van der Waals surface area (Å²) in [5.74, 6) is 1.48. The molecule has 0 saturated heterocycles. The zero-order valence-corrected chi connectivity index (χ0v) is 17.1.